The van der Waals surface area contributed by atoms with E-state index in [4.69, 9.17) is 4.74 Å². The van der Waals surface area contributed by atoms with Crippen LogP contribution in [0.2, 0.25) is 0 Å². The molecule has 0 N–H and O–H groups in total. The van der Waals surface area contributed by atoms with Crippen LogP contribution in [0.1, 0.15) is 121 Å². The molecule has 4 rings (SSSR count). The lowest BCUT2D eigenvalue weighted by Crippen LogP contribution is -2.25. The summed E-state index contributed by atoms with van der Waals surface area (Å²) in [6, 6.07) is 3.88. The standard InChI is InChI=1S/C28H43FO/c1-3-5-21-6-8-22(9-7-21)12-16-25-17-15-24-18-26(27(29)19-28(24)30-25)23-13-10-20(4-2)11-14-23/h18-23,25H,3-17H2,1-2H3. The van der Waals surface area contributed by atoms with Crippen LogP contribution in [0.3, 0.4) is 0 Å². The molecular weight excluding hydrogens is 371 g/mol. The van der Waals surface area contributed by atoms with Crippen molar-refractivity contribution in [3.63, 3.8) is 0 Å². The van der Waals surface area contributed by atoms with Gasteiger partial charge in [-0.15, -0.1) is 0 Å². The summed E-state index contributed by atoms with van der Waals surface area (Å²) in [5, 5.41) is 0. The molecule has 0 radical (unpaired) electrons. The minimum absolute atomic E-state index is 0.0244. The number of rotatable bonds is 7. The third-order valence-corrected chi connectivity index (χ3v) is 8.63. The molecule has 3 aliphatic rings. The molecule has 0 saturated heterocycles. The predicted molar refractivity (Wildman–Crippen MR) is 124 cm³/mol. The Morgan fingerprint density at radius 2 is 1.47 bits per heavy atom. The van der Waals surface area contributed by atoms with Crippen molar-refractivity contribution in [2.45, 2.75) is 122 Å². The molecule has 1 aliphatic heterocycles. The topological polar surface area (TPSA) is 9.23 Å². The van der Waals surface area contributed by atoms with Crippen molar-refractivity contribution in [1.29, 1.82) is 0 Å². The van der Waals surface area contributed by atoms with Crippen LogP contribution in [-0.4, -0.2) is 6.10 Å². The first-order chi connectivity index (χ1) is 14.7. The van der Waals surface area contributed by atoms with E-state index in [1.807, 2.05) is 0 Å². The zero-order valence-electron chi connectivity index (χ0n) is 19.4. The van der Waals surface area contributed by atoms with Crippen molar-refractivity contribution in [3.8, 4) is 5.75 Å². The van der Waals surface area contributed by atoms with E-state index in [0.717, 1.165) is 61.2 Å². The van der Waals surface area contributed by atoms with Crippen LogP contribution in [0.15, 0.2) is 12.1 Å². The first-order valence-corrected chi connectivity index (χ1v) is 13.1. The van der Waals surface area contributed by atoms with Crippen molar-refractivity contribution in [2.75, 3.05) is 0 Å². The SMILES string of the molecule is CCCC1CCC(CCC2CCc3cc(C4CCC(CC)CC4)c(F)cc3O2)CC1. The van der Waals surface area contributed by atoms with Gasteiger partial charge in [-0.05, 0) is 92.2 Å². The smallest absolute Gasteiger partial charge is 0.130 e. The summed E-state index contributed by atoms with van der Waals surface area (Å²) in [5.41, 5.74) is 2.22. The molecule has 0 spiro atoms. The van der Waals surface area contributed by atoms with Crippen molar-refractivity contribution in [2.24, 2.45) is 17.8 Å². The van der Waals surface area contributed by atoms with E-state index in [-0.39, 0.29) is 11.9 Å². The van der Waals surface area contributed by atoms with E-state index >= 15 is 0 Å². The third kappa shape index (κ3) is 5.40. The van der Waals surface area contributed by atoms with Gasteiger partial charge in [-0.3, -0.25) is 0 Å². The van der Waals surface area contributed by atoms with Crippen molar-refractivity contribution < 1.29 is 9.13 Å². The highest BCUT2D eigenvalue weighted by molar-refractivity contribution is 5.41. The summed E-state index contributed by atoms with van der Waals surface area (Å²) in [4.78, 5) is 0. The maximum atomic E-state index is 15.0. The van der Waals surface area contributed by atoms with Gasteiger partial charge in [0.1, 0.15) is 11.6 Å². The number of hydrogen-bond donors (Lipinski definition) is 0. The predicted octanol–water partition coefficient (Wildman–Crippen LogP) is 8.59. The Labute approximate surface area is 184 Å². The largest absolute Gasteiger partial charge is 0.490 e. The average molecular weight is 415 g/mol. The summed E-state index contributed by atoms with van der Waals surface area (Å²) in [6.07, 6.45) is 19.4. The second kappa shape index (κ2) is 10.5. The molecule has 2 heteroatoms. The Morgan fingerprint density at radius 1 is 0.800 bits per heavy atom. The molecule has 168 valence electrons. The Kier molecular flexibility index (Phi) is 7.76. The van der Waals surface area contributed by atoms with Crippen LogP contribution in [0.4, 0.5) is 4.39 Å². The highest BCUT2D eigenvalue weighted by atomic mass is 19.1. The maximum Gasteiger partial charge on any atom is 0.130 e. The molecule has 0 bridgehead atoms. The molecule has 2 aliphatic carbocycles. The van der Waals surface area contributed by atoms with Gasteiger partial charge < -0.3 is 4.74 Å². The zero-order chi connectivity index (χ0) is 20.9. The van der Waals surface area contributed by atoms with Gasteiger partial charge in [-0.1, -0.05) is 58.8 Å². The van der Waals surface area contributed by atoms with Gasteiger partial charge >= 0.3 is 0 Å². The molecule has 1 nitrogen and oxygen atoms in total. The summed E-state index contributed by atoms with van der Waals surface area (Å²) in [6.45, 7) is 4.60. The maximum absolute atomic E-state index is 15.0. The van der Waals surface area contributed by atoms with Crippen molar-refractivity contribution in [1.82, 2.24) is 0 Å². The van der Waals surface area contributed by atoms with E-state index in [9.17, 15) is 4.39 Å². The quantitative estimate of drug-likeness (QED) is 0.434. The number of benzene rings is 1. The molecule has 0 aromatic heterocycles. The fourth-order valence-corrected chi connectivity index (χ4v) is 6.52. The number of fused-ring (bicyclic) bond motifs is 1. The molecule has 0 amide bonds. The molecule has 1 aromatic rings. The fourth-order valence-electron chi connectivity index (χ4n) is 6.52. The van der Waals surface area contributed by atoms with Crippen LogP contribution in [0.5, 0.6) is 5.75 Å². The minimum Gasteiger partial charge on any atom is -0.490 e. The lowest BCUT2D eigenvalue weighted by atomic mass is 9.77. The molecule has 1 atom stereocenters. The summed E-state index contributed by atoms with van der Waals surface area (Å²) in [5.74, 6) is 3.95. The van der Waals surface area contributed by atoms with Crippen LogP contribution >= 0.6 is 0 Å². The van der Waals surface area contributed by atoms with Crippen LogP contribution in [0, 0.1) is 23.6 Å². The van der Waals surface area contributed by atoms with E-state index in [0.29, 0.717) is 5.92 Å². The molecular formula is C28H43FO. The average Bonchev–Trinajstić information content (AvgIpc) is 2.78. The summed E-state index contributed by atoms with van der Waals surface area (Å²) < 4.78 is 21.3. The van der Waals surface area contributed by atoms with Crippen LogP contribution < -0.4 is 4.74 Å². The minimum atomic E-state index is -0.0244. The Morgan fingerprint density at radius 3 is 2.13 bits per heavy atom. The summed E-state index contributed by atoms with van der Waals surface area (Å²) in [7, 11) is 0. The first-order valence-electron chi connectivity index (χ1n) is 13.1. The van der Waals surface area contributed by atoms with Gasteiger partial charge in [-0.25, -0.2) is 4.39 Å². The van der Waals surface area contributed by atoms with Gasteiger partial charge in [0.2, 0.25) is 0 Å². The number of halogens is 1. The second-order valence-electron chi connectivity index (χ2n) is 10.6. The normalized spacial score (nSPS) is 31.8. The fraction of sp³-hybridized carbons (Fsp3) is 0.786. The molecule has 1 aromatic carbocycles. The number of hydrogen-bond acceptors (Lipinski definition) is 1. The molecule has 1 heterocycles. The van der Waals surface area contributed by atoms with E-state index in [1.165, 1.54) is 69.8 Å². The van der Waals surface area contributed by atoms with E-state index in [1.54, 1.807) is 6.07 Å². The zero-order valence-corrected chi connectivity index (χ0v) is 19.4. The lowest BCUT2D eigenvalue weighted by Gasteiger charge is -2.32. The van der Waals surface area contributed by atoms with Gasteiger partial charge in [0.15, 0.2) is 0 Å². The Balaban J connectivity index is 1.29. The van der Waals surface area contributed by atoms with Crippen molar-refractivity contribution >= 4 is 0 Å². The van der Waals surface area contributed by atoms with Crippen LogP contribution in [0.25, 0.3) is 0 Å². The number of ether oxygens (including phenoxy) is 1. The van der Waals surface area contributed by atoms with E-state index in [2.05, 4.69) is 19.9 Å². The highest BCUT2D eigenvalue weighted by Crippen LogP contribution is 2.41. The van der Waals surface area contributed by atoms with Gasteiger partial charge in [0, 0.05) is 6.07 Å². The van der Waals surface area contributed by atoms with Crippen LogP contribution in [-0.2, 0) is 6.42 Å². The second-order valence-corrected chi connectivity index (χ2v) is 10.6. The lowest BCUT2D eigenvalue weighted by molar-refractivity contribution is 0.144. The van der Waals surface area contributed by atoms with Gasteiger partial charge in [0.05, 0.1) is 6.10 Å². The highest BCUT2D eigenvalue weighted by Gasteiger charge is 2.28. The molecule has 30 heavy (non-hydrogen) atoms. The van der Waals surface area contributed by atoms with Crippen molar-refractivity contribution in [3.05, 3.63) is 29.1 Å². The molecule has 2 fully saturated rings. The van der Waals surface area contributed by atoms with Gasteiger partial charge in [0.25, 0.3) is 0 Å². The molecule has 1 unspecified atom stereocenters. The molecule has 2 saturated carbocycles. The van der Waals surface area contributed by atoms with E-state index < -0.39 is 0 Å². The monoisotopic (exact) mass is 414 g/mol. The first kappa shape index (κ1) is 22.2. The third-order valence-electron chi connectivity index (χ3n) is 8.63. The Hall–Kier alpha value is -1.05. The number of aryl methyl sites for hydroxylation is 1. The summed E-state index contributed by atoms with van der Waals surface area (Å²) >= 11 is 0. The van der Waals surface area contributed by atoms with Gasteiger partial charge in [-0.2, -0.15) is 0 Å². The Bertz CT molecular complexity index is 667.